The van der Waals surface area contributed by atoms with Crippen molar-refractivity contribution >= 4 is 5.95 Å². The molecule has 3 nitrogen and oxygen atoms in total. The Labute approximate surface area is 86.5 Å². The number of rotatable bonds is 5. The van der Waals surface area contributed by atoms with Crippen LogP contribution >= 0.6 is 0 Å². The predicted octanol–water partition coefficient (Wildman–Crippen LogP) is 2.98. The molecule has 1 N–H and O–H groups in total. The van der Waals surface area contributed by atoms with Crippen LogP contribution in [0.4, 0.5) is 5.95 Å². The molecule has 0 saturated heterocycles. The quantitative estimate of drug-likeness (QED) is 0.732. The van der Waals surface area contributed by atoms with Gasteiger partial charge >= 0.3 is 0 Å². The minimum absolute atomic E-state index is 0.473. The summed E-state index contributed by atoms with van der Waals surface area (Å²) in [5.74, 6) is 1.01. The molecule has 0 aliphatic carbocycles. The van der Waals surface area contributed by atoms with Crippen molar-refractivity contribution < 1.29 is 0 Å². The highest BCUT2D eigenvalue weighted by Crippen LogP contribution is 2.14. The standard InChI is InChI=1S/C11H21N3/c1-5-6-7-12-11-13-10(4)8-14(11)9(2)3/h8-9H,5-7H2,1-4H3,(H,12,13). The number of imidazole rings is 1. The van der Waals surface area contributed by atoms with Crippen LogP contribution in [0.2, 0.25) is 0 Å². The lowest BCUT2D eigenvalue weighted by Gasteiger charge is -2.12. The SMILES string of the molecule is CCCCNc1nc(C)cn1C(C)C. The topological polar surface area (TPSA) is 29.9 Å². The van der Waals surface area contributed by atoms with Gasteiger partial charge in [0.2, 0.25) is 5.95 Å². The monoisotopic (exact) mass is 195 g/mol. The first-order valence-electron chi connectivity index (χ1n) is 5.44. The van der Waals surface area contributed by atoms with E-state index >= 15 is 0 Å². The molecular formula is C11H21N3. The second-order valence-electron chi connectivity index (χ2n) is 3.99. The first-order chi connectivity index (χ1) is 6.65. The molecule has 1 aromatic heterocycles. The average molecular weight is 195 g/mol. The van der Waals surface area contributed by atoms with Gasteiger partial charge in [0.15, 0.2) is 0 Å². The van der Waals surface area contributed by atoms with Crippen LogP contribution in [0.1, 0.15) is 45.3 Å². The van der Waals surface area contributed by atoms with Gasteiger partial charge in [-0.1, -0.05) is 13.3 Å². The molecule has 0 amide bonds. The maximum absolute atomic E-state index is 4.46. The molecule has 14 heavy (non-hydrogen) atoms. The van der Waals surface area contributed by atoms with Gasteiger partial charge in [-0.25, -0.2) is 4.98 Å². The van der Waals surface area contributed by atoms with Crippen molar-refractivity contribution in [2.45, 2.75) is 46.6 Å². The fourth-order valence-electron chi connectivity index (χ4n) is 1.42. The summed E-state index contributed by atoms with van der Waals surface area (Å²) in [6.07, 6.45) is 4.51. The summed E-state index contributed by atoms with van der Waals surface area (Å²) in [5.41, 5.74) is 1.08. The van der Waals surface area contributed by atoms with Crippen molar-refractivity contribution in [3.8, 4) is 0 Å². The number of nitrogens with one attached hydrogen (secondary N) is 1. The number of hydrogen-bond acceptors (Lipinski definition) is 2. The highest BCUT2D eigenvalue weighted by molar-refractivity contribution is 5.29. The van der Waals surface area contributed by atoms with Crippen LogP contribution in [0.5, 0.6) is 0 Å². The smallest absolute Gasteiger partial charge is 0.203 e. The summed E-state index contributed by atoms with van der Waals surface area (Å²) in [4.78, 5) is 4.46. The maximum atomic E-state index is 4.46. The van der Waals surface area contributed by atoms with E-state index in [9.17, 15) is 0 Å². The highest BCUT2D eigenvalue weighted by atomic mass is 15.2. The lowest BCUT2D eigenvalue weighted by Crippen LogP contribution is -2.09. The third-order valence-electron chi connectivity index (χ3n) is 2.22. The zero-order chi connectivity index (χ0) is 10.6. The highest BCUT2D eigenvalue weighted by Gasteiger charge is 2.06. The van der Waals surface area contributed by atoms with Crippen molar-refractivity contribution in [2.24, 2.45) is 0 Å². The van der Waals surface area contributed by atoms with E-state index in [1.807, 2.05) is 6.92 Å². The van der Waals surface area contributed by atoms with Gasteiger partial charge in [-0.3, -0.25) is 0 Å². The molecule has 1 aromatic rings. The summed E-state index contributed by atoms with van der Waals surface area (Å²) in [6, 6.07) is 0.473. The number of aromatic nitrogens is 2. The van der Waals surface area contributed by atoms with Gasteiger partial charge in [-0.2, -0.15) is 0 Å². The normalized spacial score (nSPS) is 10.9. The minimum atomic E-state index is 0.473. The van der Waals surface area contributed by atoms with Crippen molar-refractivity contribution in [3.05, 3.63) is 11.9 Å². The number of aryl methyl sites for hydroxylation is 1. The zero-order valence-corrected chi connectivity index (χ0v) is 9.67. The number of anilines is 1. The van der Waals surface area contributed by atoms with E-state index in [4.69, 9.17) is 0 Å². The Bertz CT molecular complexity index is 276. The Morgan fingerprint density at radius 2 is 2.21 bits per heavy atom. The van der Waals surface area contributed by atoms with Crippen LogP contribution in [0.25, 0.3) is 0 Å². The third-order valence-corrected chi connectivity index (χ3v) is 2.22. The first kappa shape index (κ1) is 11.1. The second-order valence-corrected chi connectivity index (χ2v) is 3.99. The lowest BCUT2D eigenvalue weighted by atomic mass is 10.3. The predicted molar refractivity (Wildman–Crippen MR) is 60.7 cm³/mol. The van der Waals surface area contributed by atoms with E-state index in [0.29, 0.717) is 6.04 Å². The summed E-state index contributed by atoms with van der Waals surface area (Å²) >= 11 is 0. The van der Waals surface area contributed by atoms with E-state index in [1.165, 1.54) is 12.8 Å². The Kier molecular flexibility index (Phi) is 3.98. The Morgan fingerprint density at radius 3 is 2.79 bits per heavy atom. The van der Waals surface area contributed by atoms with Gasteiger partial charge < -0.3 is 9.88 Å². The van der Waals surface area contributed by atoms with E-state index in [1.54, 1.807) is 0 Å². The summed E-state index contributed by atoms with van der Waals surface area (Å²) in [6.45, 7) is 9.59. The van der Waals surface area contributed by atoms with Crippen molar-refractivity contribution in [3.63, 3.8) is 0 Å². The van der Waals surface area contributed by atoms with Crippen molar-refractivity contribution in [1.29, 1.82) is 0 Å². The van der Waals surface area contributed by atoms with Gasteiger partial charge in [0.25, 0.3) is 0 Å². The zero-order valence-electron chi connectivity index (χ0n) is 9.67. The van der Waals surface area contributed by atoms with Crippen LogP contribution in [0, 0.1) is 6.92 Å². The van der Waals surface area contributed by atoms with Gasteiger partial charge in [0, 0.05) is 18.8 Å². The summed E-state index contributed by atoms with van der Waals surface area (Å²) < 4.78 is 2.19. The van der Waals surface area contributed by atoms with Crippen LogP contribution in [-0.2, 0) is 0 Å². The average Bonchev–Trinajstić information content (AvgIpc) is 2.47. The van der Waals surface area contributed by atoms with E-state index in [-0.39, 0.29) is 0 Å². The first-order valence-corrected chi connectivity index (χ1v) is 5.44. The summed E-state index contributed by atoms with van der Waals surface area (Å²) in [7, 11) is 0. The molecule has 0 unspecified atom stereocenters. The molecule has 0 fully saturated rings. The van der Waals surface area contributed by atoms with Gasteiger partial charge in [0.05, 0.1) is 5.69 Å². The molecule has 0 saturated carbocycles. The Balaban J connectivity index is 2.64. The van der Waals surface area contributed by atoms with Gasteiger partial charge in [-0.05, 0) is 27.2 Å². The van der Waals surface area contributed by atoms with Gasteiger partial charge in [-0.15, -0.1) is 0 Å². The molecule has 80 valence electrons. The molecule has 0 aliphatic heterocycles. The maximum Gasteiger partial charge on any atom is 0.203 e. The molecule has 0 spiro atoms. The molecule has 3 heteroatoms. The molecule has 0 radical (unpaired) electrons. The Morgan fingerprint density at radius 1 is 1.50 bits per heavy atom. The fourth-order valence-corrected chi connectivity index (χ4v) is 1.42. The number of unbranched alkanes of at least 4 members (excludes halogenated alkanes) is 1. The molecular weight excluding hydrogens is 174 g/mol. The lowest BCUT2D eigenvalue weighted by molar-refractivity contribution is 0.603. The number of hydrogen-bond donors (Lipinski definition) is 1. The minimum Gasteiger partial charge on any atom is -0.356 e. The van der Waals surface area contributed by atoms with Crippen LogP contribution in [0.15, 0.2) is 6.20 Å². The number of nitrogens with zero attached hydrogens (tertiary/aromatic N) is 2. The molecule has 1 rings (SSSR count). The van der Waals surface area contributed by atoms with Crippen LogP contribution < -0.4 is 5.32 Å². The molecule has 1 heterocycles. The van der Waals surface area contributed by atoms with Crippen molar-refractivity contribution in [2.75, 3.05) is 11.9 Å². The van der Waals surface area contributed by atoms with Crippen LogP contribution in [-0.4, -0.2) is 16.1 Å². The fraction of sp³-hybridized carbons (Fsp3) is 0.727. The largest absolute Gasteiger partial charge is 0.356 e. The van der Waals surface area contributed by atoms with E-state index in [2.05, 4.69) is 41.8 Å². The molecule has 0 bridgehead atoms. The van der Waals surface area contributed by atoms with E-state index < -0.39 is 0 Å². The Hall–Kier alpha value is -0.990. The van der Waals surface area contributed by atoms with Crippen LogP contribution in [0.3, 0.4) is 0 Å². The molecule has 0 atom stereocenters. The third kappa shape index (κ3) is 2.76. The van der Waals surface area contributed by atoms with Crippen molar-refractivity contribution in [1.82, 2.24) is 9.55 Å². The van der Waals surface area contributed by atoms with Gasteiger partial charge in [0.1, 0.15) is 0 Å². The molecule has 0 aliphatic rings. The molecule has 0 aromatic carbocycles. The van der Waals surface area contributed by atoms with E-state index in [0.717, 1.165) is 18.2 Å². The summed E-state index contributed by atoms with van der Waals surface area (Å²) in [5, 5.41) is 3.37. The second kappa shape index (κ2) is 5.03.